The van der Waals surface area contributed by atoms with E-state index >= 15 is 0 Å². The molecule has 0 aliphatic carbocycles. The molecular formula is C17H18N2O2. The number of carbonyl (C=O) groups excluding carboxylic acids is 1. The molecule has 2 aromatic carbocycles. The summed E-state index contributed by atoms with van der Waals surface area (Å²) in [6.45, 7) is 1.03. The Labute approximate surface area is 124 Å². The van der Waals surface area contributed by atoms with E-state index in [2.05, 4.69) is 0 Å². The van der Waals surface area contributed by atoms with Gasteiger partial charge in [0.2, 0.25) is 5.91 Å². The summed E-state index contributed by atoms with van der Waals surface area (Å²) in [6.07, 6.45) is 1.13. The van der Waals surface area contributed by atoms with Crippen LogP contribution in [0.2, 0.25) is 0 Å². The Kier molecular flexibility index (Phi) is 3.77. The number of carbonyl (C=O) groups is 1. The van der Waals surface area contributed by atoms with E-state index in [1.54, 1.807) is 4.90 Å². The number of benzene rings is 2. The van der Waals surface area contributed by atoms with E-state index in [1.165, 1.54) is 0 Å². The zero-order chi connectivity index (χ0) is 14.7. The van der Waals surface area contributed by atoms with Gasteiger partial charge >= 0.3 is 0 Å². The minimum atomic E-state index is 0.0921. The second-order valence-corrected chi connectivity index (χ2v) is 5.06. The molecule has 4 nitrogen and oxygen atoms in total. The molecule has 1 heterocycles. The third-order valence-corrected chi connectivity index (χ3v) is 3.69. The van der Waals surface area contributed by atoms with E-state index in [9.17, 15) is 4.79 Å². The van der Waals surface area contributed by atoms with Crippen molar-refractivity contribution in [1.82, 2.24) is 0 Å². The Morgan fingerprint density at radius 3 is 2.71 bits per heavy atom. The first-order chi connectivity index (χ1) is 10.3. The molecule has 0 aromatic heterocycles. The van der Waals surface area contributed by atoms with Crippen molar-refractivity contribution in [3.8, 4) is 5.75 Å². The van der Waals surface area contributed by atoms with Gasteiger partial charge in [-0.05, 0) is 30.2 Å². The Balaban J connectivity index is 1.83. The number of ether oxygens (including phenoxy) is 1. The van der Waals surface area contributed by atoms with Crippen LogP contribution < -0.4 is 15.4 Å². The van der Waals surface area contributed by atoms with Crippen molar-refractivity contribution >= 4 is 17.3 Å². The molecule has 0 unspecified atom stereocenters. The molecule has 0 saturated carbocycles. The molecule has 2 aromatic rings. The standard InChI is InChI=1S/C17H18N2O2/c18-14-6-2-1-5-13(14)9-11-19-15-7-3-4-8-16(15)21-12-10-17(19)20/h1-8H,9-12,18H2. The van der Waals surface area contributed by atoms with E-state index < -0.39 is 0 Å². The summed E-state index contributed by atoms with van der Waals surface area (Å²) < 4.78 is 5.64. The fourth-order valence-electron chi connectivity index (χ4n) is 2.56. The van der Waals surface area contributed by atoms with Gasteiger partial charge in [-0.1, -0.05) is 30.3 Å². The monoisotopic (exact) mass is 282 g/mol. The number of nitrogens with two attached hydrogens (primary N) is 1. The lowest BCUT2D eigenvalue weighted by Gasteiger charge is -2.22. The van der Waals surface area contributed by atoms with Gasteiger partial charge in [0.1, 0.15) is 5.75 Å². The maximum absolute atomic E-state index is 12.3. The molecule has 0 bridgehead atoms. The molecule has 2 N–H and O–H groups in total. The fourth-order valence-corrected chi connectivity index (χ4v) is 2.56. The van der Waals surface area contributed by atoms with Gasteiger partial charge in [0, 0.05) is 12.2 Å². The van der Waals surface area contributed by atoms with Crippen LogP contribution in [-0.2, 0) is 11.2 Å². The van der Waals surface area contributed by atoms with Crippen LogP contribution in [0.3, 0.4) is 0 Å². The summed E-state index contributed by atoms with van der Waals surface area (Å²) in [4.78, 5) is 14.1. The van der Waals surface area contributed by atoms with E-state index in [0.717, 1.165) is 29.1 Å². The lowest BCUT2D eigenvalue weighted by molar-refractivity contribution is -0.118. The number of para-hydroxylation sites is 3. The first kappa shape index (κ1) is 13.5. The molecule has 0 radical (unpaired) electrons. The second-order valence-electron chi connectivity index (χ2n) is 5.06. The maximum Gasteiger partial charge on any atom is 0.230 e. The summed E-state index contributed by atoms with van der Waals surface area (Å²) in [6, 6.07) is 15.4. The van der Waals surface area contributed by atoms with E-state index in [-0.39, 0.29) is 5.91 Å². The lowest BCUT2D eigenvalue weighted by atomic mass is 10.1. The maximum atomic E-state index is 12.3. The third kappa shape index (κ3) is 2.84. The first-order valence-corrected chi connectivity index (χ1v) is 7.11. The first-order valence-electron chi connectivity index (χ1n) is 7.11. The van der Waals surface area contributed by atoms with Gasteiger partial charge in [0.15, 0.2) is 0 Å². The smallest absolute Gasteiger partial charge is 0.230 e. The number of anilines is 2. The normalized spacial score (nSPS) is 14.3. The Bertz CT molecular complexity index is 655. The predicted molar refractivity (Wildman–Crippen MR) is 83.5 cm³/mol. The molecule has 0 fully saturated rings. The third-order valence-electron chi connectivity index (χ3n) is 3.69. The molecular weight excluding hydrogens is 264 g/mol. The molecule has 3 rings (SSSR count). The minimum absolute atomic E-state index is 0.0921. The highest BCUT2D eigenvalue weighted by Gasteiger charge is 2.22. The largest absolute Gasteiger partial charge is 0.491 e. The van der Waals surface area contributed by atoms with Crippen LogP contribution >= 0.6 is 0 Å². The topological polar surface area (TPSA) is 55.6 Å². The fraction of sp³-hybridized carbons (Fsp3) is 0.235. The number of nitrogen functional groups attached to an aromatic ring is 1. The van der Waals surface area contributed by atoms with Gasteiger partial charge < -0.3 is 15.4 Å². The van der Waals surface area contributed by atoms with E-state index in [4.69, 9.17) is 10.5 Å². The van der Waals surface area contributed by atoms with Crippen molar-refractivity contribution in [1.29, 1.82) is 0 Å². The molecule has 1 amide bonds. The van der Waals surface area contributed by atoms with Crippen molar-refractivity contribution in [2.45, 2.75) is 12.8 Å². The summed E-state index contributed by atoms with van der Waals surface area (Å²) in [5.41, 5.74) is 8.64. The Morgan fingerprint density at radius 1 is 1.10 bits per heavy atom. The Morgan fingerprint density at radius 2 is 1.86 bits per heavy atom. The summed E-state index contributed by atoms with van der Waals surface area (Å²) in [5.74, 6) is 0.860. The zero-order valence-electron chi connectivity index (χ0n) is 11.8. The van der Waals surface area contributed by atoms with E-state index in [1.807, 2.05) is 48.5 Å². The molecule has 0 atom stereocenters. The van der Waals surface area contributed by atoms with E-state index in [0.29, 0.717) is 19.6 Å². The minimum Gasteiger partial charge on any atom is -0.491 e. The zero-order valence-corrected chi connectivity index (χ0v) is 11.8. The van der Waals surface area contributed by atoms with Gasteiger partial charge in [-0.2, -0.15) is 0 Å². The quantitative estimate of drug-likeness (QED) is 0.880. The van der Waals surface area contributed by atoms with Gasteiger partial charge in [-0.15, -0.1) is 0 Å². The van der Waals surface area contributed by atoms with Crippen molar-refractivity contribution in [3.63, 3.8) is 0 Å². The predicted octanol–water partition coefficient (Wildman–Crippen LogP) is 2.63. The van der Waals surface area contributed by atoms with Gasteiger partial charge in [-0.3, -0.25) is 4.79 Å². The van der Waals surface area contributed by atoms with Crippen molar-refractivity contribution in [2.24, 2.45) is 0 Å². The summed E-state index contributed by atoms with van der Waals surface area (Å²) in [7, 11) is 0. The number of nitrogens with zero attached hydrogens (tertiary/aromatic N) is 1. The second kappa shape index (κ2) is 5.87. The average Bonchev–Trinajstić information content (AvgIpc) is 2.65. The van der Waals surface area contributed by atoms with Crippen molar-refractivity contribution in [3.05, 3.63) is 54.1 Å². The van der Waals surface area contributed by atoms with Gasteiger partial charge in [-0.25, -0.2) is 0 Å². The molecule has 1 aliphatic rings. The van der Waals surface area contributed by atoms with Crippen LogP contribution in [-0.4, -0.2) is 19.1 Å². The molecule has 4 heteroatoms. The Hall–Kier alpha value is -2.49. The summed E-state index contributed by atoms with van der Waals surface area (Å²) in [5, 5.41) is 0. The van der Waals surface area contributed by atoms with Crippen LogP contribution in [0.4, 0.5) is 11.4 Å². The van der Waals surface area contributed by atoms with Gasteiger partial charge in [0.25, 0.3) is 0 Å². The summed E-state index contributed by atoms with van der Waals surface area (Å²) >= 11 is 0. The molecule has 0 spiro atoms. The van der Waals surface area contributed by atoms with Crippen molar-refractivity contribution < 1.29 is 9.53 Å². The lowest BCUT2D eigenvalue weighted by Crippen LogP contribution is -2.32. The molecule has 1 aliphatic heterocycles. The molecule has 108 valence electrons. The molecule has 0 saturated heterocycles. The van der Waals surface area contributed by atoms with Gasteiger partial charge in [0.05, 0.1) is 18.7 Å². The van der Waals surface area contributed by atoms with Crippen LogP contribution in [0.25, 0.3) is 0 Å². The highest BCUT2D eigenvalue weighted by molar-refractivity contribution is 5.95. The number of amides is 1. The SMILES string of the molecule is Nc1ccccc1CCN1C(=O)CCOc2ccccc21. The van der Waals surface area contributed by atoms with Crippen LogP contribution in [0.5, 0.6) is 5.75 Å². The number of fused-ring (bicyclic) bond motifs is 1. The average molecular weight is 282 g/mol. The number of hydrogen-bond donors (Lipinski definition) is 1. The van der Waals surface area contributed by atoms with Crippen molar-refractivity contribution in [2.75, 3.05) is 23.8 Å². The highest BCUT2D eigenvalue weighted by Crippen LogP contribution is 2.31. The molecule has 21 heavy (non-hydrogen) atoms. The van der Waals surface area contributed by atoms with Crippen LogP contribution in [0.15, 0.2) is 48.5 Å². The van der Waals surface area contributed by atoms with Crippen LogP contribution in [0, 0.1) is 0 Å². The van der Waals surface area contributed by atoms with Crippen LogP contribution in [0.1, 0.15) is 12.0 Å². The number of hydrogen-bond acceptors (Lipinski definition) is 3. The highest BCUT2D eigenvalue weighted by atomic mass is 16.5. The number of rotatable bonds is 3.